The average molecular weight is 853 g/mol. The number of aliphatic hydroxyl groups excluding tert-OH is 2. The molecule has 0 unspecified atom stereocenters. The molecule has 0 aromatic rings. The van der Waals surface area contributed by atoms with Crippen LogP contribution < -0.4 is 0 Å². The molecule has 2 nitrogen and oxygen atoms in total. The van der Waals surface area contributed by atoms with Crippen molar-refractivity contribution in [1.82, 2.24) is 0 Å². The van der Waals surface area contributed by atoms with E-state index in [0.717, 1.165) is 60.2 Å². The lowest BCUT2D eigenvalue weighted by Crippen LogP contribution is -2.66. The lowest BCUT2D eigenvalue weighted by Gasteiger charge is -2.73. The quantitative estimate of drug-likeness (QED) is 0.272. The van der Waals surface area contributed by atoms with Gasteiger partial charge in [-0.1, -0.05) is 107 Å². The van der Waals surface area contributed by atoms with Gasteiger partial charge in [0, 0.05) is 0 Å². The van der Waals surface area contributed by atoms with Crippen LogP contribution >= 0.6 is 0 Å². The zero-order chi connectivity index (χ0) is 45.2. The molecule has 0 saturated heterocycles. The van der Waals surface area contributed by atoms with E-state index >= 15 is 0 Å². The first kappa shape index (κ1) is 46.5. The summed E-state index contributed by atoms with van der Waals surface area (Å²) in [7, 11) is 0. The summed E-state index contributed by atoms with van der Waals surface area (Å²) in [5.74, 6) is 7.96. The highest BCUT2D eigenvalue weighted by molar-refractivity contribution is 5.23. The fourth-order valence-corrected chi connectivity index (χ4v) is 23.0. The van der Waals surface area contributed by atoms with Crippen molar-refractivity contribution in [1.29, 1.82) is 0 Å². The molecule has 0 aromatic carbocycles. The van der Waals surface area contributed by atoms with Crippen LogP contribution in [0.4, 0.5) is 0 Å². The smallest absolute Gasteiger partial charge is 0.0594 e. The number of rotatable bonds is 2. The second-order valence-corrected chi connectivity index (χ2v) is 29.4. The minimum Gasteiger partial charge on any atom is -0.393 e. The van der Waals surface area contributed by atoms with Gasteiger partial charge in [-0.3, -0.25) is 0 Å². The summed E-state index contributed by atoms with van der Waals surface area (Å²) in [6.07, 6.45) is 26.7. The zero-order valence-electron chi connectivity index (χ0n) is 43.4. The number of fused-ring (bicyclic) bond motifs is 14. The molecule has 0 heterocycles. The van der Waals surface area contributed by atoms with Crippen LogP contribution in [0.25, 0.3) is 0 Å². The summed E-state index contributed by atoms with van der Waals surface area (Å²) < 4.78 is 0. The summed E-state index contributed by atoms with van der Waals surface area (Å²) in [6, 6.07) is 0. The summed E-state index contributed by atoms with van der Waals surface area (Å²) in [5.41, 5.74) is 6.77. The Bertz CT molecular complexity index is 1660. The van der Waals surface area contributed by atoms with Gasteiger partial charge in [-0.2, -0.15) is 0 Å². The second kappa shape index (κ2) is 14.5. The van der Waals surface area contributed by atoms with Crippen molar-refractivity contribution in [2.24, 2.45) is 113 Å². The molecule has 0 amide bonds. The highest BCUT2D eigenvalue weighted by atomic mass is 16.3. The maximum absolute atomic E-state index is 10.9. The Morgan fingerprint density at radius 2 is 0.726 bits per heavy atom. The van der Waals surface area contributed by atoms with Crippen LogP contribution in [0.3, 0.4) is 0 Å². The van der Waals surface area contributed by atoms with Gasteiger partial charge in [0.05, 0.1) is 12.2 Å². The lowest BCUT2D eigenvalue weighted by atomic mass is 9.32. The Morgan fingerprint density at radius 3 is 1.06 bits per heavy atom. The van der Waals surface area contributed by atoms with E-state index in [1.807, 2.05) is 0 Å². The van der Waals surface area contributed by atoms with E-state index < -0.39 is 0 Å². The number of allylic oxidation sites excluding steroid dienone is 2. The third-order valence-electron chi connectivity index (χ3n) is 26.9. The highest BCUT2D eigenvalue weighted by Crippen LogP contribution is 2.79. The Labute approximate surface area is 383 Å². The molecule has 0 aliphatic heterocycles. The standard InChI is InChI=1S/2C30H50O/c2*1-19(2)20-11-14-27(5)17-18-29(7)21(25(20)27)9-10-23-28(6)15-13-24(31)26(3,4)22(28)12-16-30(23,29)8/h2*20-25,31H,1,9-18H2,2-8H3/t2*20-,21+,22-,23+,24-,25+,27+,28-,29+,30+/m00/s1. The first-order valence-electron chi connectivity index (χ1n) is 27.3. The van der Waals surface area contributed by atoms with E-state index in [9.17, 15) is 10.2 Å². The third-order valence-corrected chi connectivity index (χ3v) is 26.9. The van der Waals surface area contributed by atoms with Crippen LogP contribution in [0.15, 0.2) is 24.3 Å². The van der Waals surface area contributed by atoms with Crippen LogP contribution in [0.1, 0.15) is 225 Å². The molecule has 0 radical (unpaired) electrons. The van der Waals surface area contributed by atoms with Crippen molar-refractivity contribution in [2.45, 2.75) is 238 Å². The van der Waals surface area contributed by atoms with Crippen LogP contribution in [0.2, 0.25) is 0 Å². The van der Waals surface area contributed by atoms with E-state index in [2.05, 4.69) is 110 Å². The molecular weight excluding hydrogens is 753 g/mol. The first-order chi connectivity index (χ1) is 28.6. The SMILES string of the molecule is C=C(C)[C@@H]1CC[C@]2(C)CC[C@]3(C)[C@H](CC[C@@H]4[C@@]5(C)CC[C@H](O)C(C)(C)[C@@H]5CC[C@]43C)[C@@H]12.C=C(C)[C@@H]1CC[C@]2(C)CC[C@]3(C)[C@H](CC[C@@H]4[C@@]5(C)CC[C@H](O)C(C)(C)[C@@H]5CC[C@]43C)[C@@H]12. The molecule has 2 N–H and O–H groups in total. The minimum absolute atomic E-state index is 0.0632. The van der Waals surface area contributed by atoms with Crippen LogP contribution in [-0.2, 0) is 0 Å². The Hall–Kier alpha value is -0.600. The second-order valence-electron chi connectivity index (χ2n) is 29.4. The van der Waals surface area contributed by atoms with Gasteiger partial charge in [0.25, 0.3) is 0 Å². The average Bonchev–Trinajstić information content (AvgIpc) is 3.74. The summed E-state index contributed by atoms with van der Waals surface area (Å²) in [5, 5.41) is 21.8. The monoisotopic (exact) mass is 853 g/mol. The molecule has 0 spiro atoms. The van der Waals surface area contributed by atoms with Gasteiger partial charge < -0.3 is 10.2 Å². The van der Waals surface area contributed by atoms with Gasteiger partial charge in [-0.05, 0) is 256 Å². The van der Waals surface area contributed by atoms with E-state index in [0.29, 0.717) is 55.2 Å². The minimum atomic E-state index is -0.118. The van der Waals surface area contributed by atoms with Crippen molar-refractivity contribution in [2.75, 3.05) is 0 Å². The number of hydrogen-bond donors (Lipinski definition) is 2. The summed E-state index contributed by atoms with van der Waals surface area (Å²) >= 11 is 0. The molecule has 352 valence electrons. The summed E-state index contributed by atoms with van der Waals surface area (Å²) in [6.45, 7) is 44.6. The molecule has 0 aromatic heterocycles. The van der Waals surface area contributed by atoms with Gasteiger partial charge >= 0.3 is 0 Å². The molecule has 10 aliphatic rings. The van der Waals surface area contributed by atoms with Crippen molar-refractivity contribution >= 4 is 0 Å². The van der Waals surface area contributed by atoms with Crippen molar-refractivity contribution in [3.63, 3.8) is 0 Å². The molecule has 2 heteroatoms. The van der Waals surface area contributed by atoms with Crippen LogP contribution in [0, 0.1) is 113 Å². The van der Waals surface area contributed by atoms with E-state index in [-0.39, 0.29) is 23.0 Å². The van der Waals surface area contributed by atoms with E-state index in [1.54, 1.807) is 0 Å². The van der Waals surface area contributed by atoms with E-state index in [1.165, 1.54) is 127 Å². The number of hydrogen-bond acceptors (Lipinski definition) is 2. The first-order valence-corrected chi connectivity index (χ1v) is 27.3. The normalized spacial score (nSPS) is 57.9. The fraction of sp³-hybridized carbons (Fsp3) is 0.933. The fourth-order valence-electron chi connectivity index (χ4n) is 23.0. The molecule has 0 bridgehead atoms. The predicted octanol–water partition coefficient (Wildman–Crippen LogP) is 16.0. The predicted molar refractivity (Wildman–Crippen MR) is 261 cm³/mol. The van der Waals surface area contributed by atoms with Gasteiger partial charge in [0.2, 0.25) is 0 Å². The Kier molecular flexibility index (Phi) is 10.8. The van der Waals surface area contributed by atoms with Gasteiger partial charge in [-0.25, -0.2) is 0 Å². The molecule has 10 aliphatic carbocycles. The van der Waals surface area contributed by atoms with Crippen LogP contribution in [-0.4, -0.2) is 22.4 Å². The number of aliphatic hydroxyl groups is 2. The summed E-state index contributed by atoms with van der Waals surface area (Å²) in [4.78, 5) is 0. The topological polar surface area (TPSA) is 40.5 Å². The lowest BCUT2D eigenvalue weighted by molar-refractivity contribution is -0.246. The largest absolute Gasteiger partial charge is 0.393 e. The van der Waals surface area contributed by atoms with Crippen molar-refractivity contribution < 1.29 is 10.2 Å². The van der Waals surface area contributed by atoms with Crippen molar-refractivity contribution in [3.05, 3.63) is 24.3 Å². The highest BCUT2D eigenvalue weighted by Gasteiger charge is 2.72. The maximum atomic E-state index is 10.9. The van der Waals surface area contributed by atoms with Crippen molar-refractivity contribution in [3.8, 4) is 0 Å². The molecule has 10 fully saturated rings. The molecule has 10 rings (SSSR count). The molecular formula is C60H100O2. The zero-order valence-corrected chi connectivity index (χ0v) is 43.4. The Morgan fingerprint density at radius 1 is 0.371 bits per heavy atom. The van der Waals surface area contributed by atoms with E-state index in [4.69, 9.17) is 0 Å². The van der Waals surface area contributed by atoms with Gasteiger partial charge in [0.1, 0.15) is 0 Å². The van der Waals surface area contributed by atoms with Gasteiger partial charge in [-0.15, -0.1) is 0 Å². The molecule has 10 saturated carbocycles. The molecule has 62 heavy (non-hydrogen) atoms. The Balaban J connectivity index is 0.000000158. The molecule has 20 atom stereocenters. The van der Waals surface area contributed by atoms with Crippen LogP contribution in [0.5, 0.6) is 0 Å². The maximum Gasteiger partial charge on any atom is 0.0594 e. The third kappa shape index (κ3) is 5.89. The van der Waals surface area contributed by atoms with Gasteiger partial charge in [0.15, 0.2) is 0 Å².